The highest BCUT2D eigenvalue weighted by molar-refractivity contribution is 7.89. The van der Waals surface area contributed by atoms with Crippen molar-refractivity contribution in [2.45, 2.75) is 0 Å². The number of hydrogen-bond acceptors (Lipinski definition) is 5. The van der Waals surface area contributed by atoms with Crippen molar-refractivity contribution in [2.75, 3.05) is 25.1 Å². The highest BCUT2D eigenvalue weighted by Crippen LogP contribution is 2.00. The van der Waals surface area contributed by atoms with Gasteiger partial charge < -0.3 is 11.1 Å². The summed E-state index contributed by atoms with van der Waals surface area (Å²) in [6.45, 7) is 0.0341. The van der Waals surface area contributed by atoms with Crippen LogP contribution in [0.3, 0.4) is 0 Å². The lowest BCUT2D eigenvalue weighted by atomic mass is 10.2. The largest absolute Gasteiger partial charge is 0.384 e. The number of nitrogens with two attached hydrogens (primary N) is 1. The molecule has 1 amide bonds. The van der Waals surface area contributed by atoms with E-state index in [1.54, 1.807) is 0 Å². The Morgan fingerprint density at radius 1 is 1.47 bits per heavy atom. The molecular formula is C9H14N4O3S. The Balaban J connectivity index is 2.48. The van der Waals surface area contributed by atoms with Gasteiger partial charge in [0, 0.05) is 12.7 Å². The summed E-state index contributed by atoms with van der Waals surface area (Å²) in [7, 11) is -1.98. The molecule has 0 spiro atoms. The lowest BCUT2D eigenvalue weighted by Crippen LogP contribution is -2.32. The van der Waals surface area contributed by atoms with E-state index in [2.05, 4.69) is 15.0 Å². The van der Waals surface area contributed by atoms with E-state index in [-0.39, 0.29) is 18.2 Å². The van der Waals surface area contributed by atoms with Gasteiger partial charge in [-0.25, -0.2) is 18.1 Å². The average Bonchev–Trinajstić information content (AvgIpc) is 2.29. The molecule has 0 bridgehead atoms. The van der Waals surface area contributed by atoms with Crippen LogP contribution in [0.25, 0.3) is 0 Å². The molecule has 0 radical (unpaired) electrons. The second kappa shape index (κ2) is 5.60. The third-order valence-electron chi connectivity index (χ3n) is 2.02. The van der Waals surface area contributed by atoms with Crippen molar-refractivity contribution in [3.8, 4) is 0 Å². The number of nitrogens with zero attached hydrogens (tertiary/aromatic N) is 1. The standard InChI is InChI=1S/C9H14N4O3S/c1-11-17(15,16)5-4-12-9(14)7-2-3-8(10)13-6-7/h2-3,6,11H,4-5H2,1H3,(H2,10,13)(H,12,14). The van der Waals surface area contributed by atoms with Crippen molar-refractivity contribution in [3.05, 3.63) is 23.9 Å². The average molecular weight is 258 g/mol. The molecule has 0 aliphatic carbocycles. The normalized spacial score (nSPS) is 11.1. The predicted molar refractivity (Wildman–Crippen MR) is 63.8 cm³/mol. The van der Waals surface area contributed by atoms with E-state index in [1.807, 2.05) is 0 Å². The fourth-order valence-electron chi connectivity index (χ4n) is 1.04. The van der Waals surface area contributed by atoms with Gasteiger partial charge in [-0.05, 0) is 19.2 Å². The van der Waals surface area contributed by atoms with Crippen LogP contribution in [-0.4, -0.2) is 38.7 Å². The Kier molecular flexibility index (Phi) is 4.41. The van der Waals surface area contributed by atoms with Crippen molar-refractivity contribution in [1.29, 1.82) is 0 Å². The monoisotopic (exact) mass is 258 g/mol. The fraction of sp³-hybridized carbons (Fsp3) is 0.333. The van der Waals surface area contributed by atoms with Crippen molar-refractivity contribution in [1.82, 2.24) is 15.0 Å². The zero-order valence-corrected chi connectivity index (χ0v) is 10.1. The lowest BCUT2D eigenvalue weighted by Gasteiger charge is -2.05. The molecule has 0 unspecified atom stereocenters. The number of carbonyl (C=O) groups excluding carboxylic acids is 1. The smallest absolute Gasteiger partial charge is 0.252 e. The Morgan fingerprint density at radius 2 is 2.18 bits per heavy atom. The number of carbonyl (C=O) groups is 1. The maximum Gasteiger partial charge on any atom is 0.252 e. The van der Waals surface area contributed by atoms with E-state index in [0.717, 1.165) is 0 Å². The molecule has 0 saturated carbocycles. The number of sulfonamides is 1. The van der Waals surface area contributed by atoms with E-state index < -0.39 is 10.0 Å². The van der Waals surface area contributed by atoms with E-state index in [4.69, 9.17) is 5.73 Å². The minimum atomic E-state index is -3.30. The molecule has 8 heteroatoms. The summed E-state index contributed by atoms with van der Waals surface area (Å²) in [6, 6.07) is 3.02. The van der Waals surface area contributed by atoms with Gasteiger partial charge in [0.2, 0.25) is 10.0 Å². The van der Waals surface area contributed by atoms with Gasteiger partial charge in [-0.3, -0.25) is 4.79 Å². The van der Waals surface area contributed by atoms with Crippen LogP contribution in [-0.2, 0) is 10.0 Å². The number of amides is 1. The van der Waals surface area contributed by atoms with Gasteiger partial charge in [0.1, 0.15) is 5.82 Å². The van der Waals surface area contributed by atoms with Crippen LogP contribution in [0.2, 0.25) is 0 Å². The topological polar surface area (TPSA) is 114 Å². The van der Waals surface area contributed by atoms with Gasteiger partial charge >= 0.3 is 0 Å². The van der Waals surface area contributed by atoms with Crippen LogP contribution >= 0.6 is 0 Å². The van der Waals surface area contributed by atoms with Gasteiger partial charge in [-0.2, -0.15) is 0 Å². The fourth-order valence-corrected chi connectivity index (χ4v) is 1.62. The minimum absolute atomic E-state index is 0.0341. The molecular weight excluding hydrogens is 244 g/mol. The number of hydrogen-bond donors (Lipinski definition) is 3. The van der Waals surface area contributed by atoms with Gasteiger partial charge in [0.25, 0.3) is 5.91 Å². The number of aromatic nitrogens is 1. The third-order valence-corrected chi connectivity index (χ3v) is 3.38. The first-order chi connectivity index (χ1) is 7.94. The minimum Gasteiger partial charge on any atom is -0.384 e. The summed E-state index contributed by atoms with van der Waals surface area (Å²) in [4.78, 5) is 15.3. The molecule has 7 nitrogen and oxygen atoms in total. The number of anilines is 1. The molecule has 4 N–H and O–H groups in total. The van der Waals surface area contributed by atoms with E-state index >= 15 is 0 Å². The first-order valence-electron chi connectivity index (χ1n) is 4.85. The molecule has 0 aliphatic rings. The molecule has 0 saturated heterocycles. The Labute approximate surface area is 99.5 Å². The first kappa shape index (κ1) is 13.4. The quantitative estimate of drug-likeness (QED) is 0.623. The summed E-state index contributed by atoms with van der Waals surface area (Å²) in [6.07, 6.45) is 1.33. The van der Waals surface area contributed by atoms with Gasteiger partial charge in [-0.1, -0.05) is 0 Å². The molecule has 1 aromatic rings. The van der Waals surface area contributed by atoms with Crippen LogP contribution in [0, 0.1) is 0 Å². The molecule has 1 rings (SSSR count). The number of pyridine rings is 1. The van der Waals surface area contributed by atoms with Crippen LogP contribution in [0.5, 0.6) is 0 Å². The van der Waals surface area contributed by atoms with Crippen molar-refractivity contribution >= 4 is 21.7 Å². The second-order valence-electron chi connectivity index (χ2n) is 3.25. The maximum absolute atomic E-state index is 11.5. The van der Waals surface area contributed by atoms with Gasteiger partial charge in [-0.15, -0.1) is 0 Å². The highest BCUT2D eigenvalue weighted by atomic mass is 32.2. The summed E-state index contributed by atoms with van der Waals surface area (Å²) in [5, 5.41) is 2.47. The van der Waals surface area contributed by atoms with Crippen molar-refractivity contribution in [3.63, 3.8) is 0 Å². The molecule has 17 heavy (non-hydrogen) atoms. The number of nitrogens with one attached hydrogen (secondary N) is 2. The van der Waals surface area contributed by atoms with Crippen LogP contribution in [0.4, 0.5) is 5.82 Å². The Bertz CT molecular complexity index is 483. The second-order valence-corrected chi connectivity index (χ2v) is 5.30. The predicted octanol–water partition coefficient (Wildman–Crippen LogP) is -1.06. The zero-order valence-electron chi connectivity index (χ0n) is 9.30. The number of rotatable bonds is 5. The van der Waals surface area contributed by atoms with Gasteiger partial charge in [0.15, 0.2) is 0 Å². The molecule has 0 atom stereocenters. The molecule has 1 aromatic heterocycles. The Hall–Kier alpha value is -1.67. The van der Waals surface area contributed by atoms with E-state index in [1.165, 1.54) is 25.4 Å². The van der Waals surface area contributed by atoms with Gasteiger partial charge in [0.05, 0.1) is 11.3 Å². The summed E-state index contributed by atoms with van der Waals surface area (Å²) in [5.74, 6) is -0.236. The molecule has 94 valence electrons. The first-order valence-corrected chi connectivity index (χ1v) is 6.51. The molecule has 0 aromatic carbocycles. The molecule has 0 fully saturated rings. The third kappa shape index (κ3) is 4.37. The lowest BCUT2D eigenvalue weighted by molar-refractivity contribution is 0.0956. The summed E-state index contributed by atoms with van der Waals surface area (Å²) < 4.78 is 24.3. The molecule has 0 aliphatic heterocycles. The highest BCUT2D eigenvalue weighted by Gasteiger charge is 2.09. The van der Waals surface area contributed by atoms with E-state index in [9.17, 15) is 13.2 Å². The van der Waals surface area contributed by atoms with Crippen LogP contribution in [0.15, 0.2) is 18.3 Å². The SMILES string of the molecule is CNS(=O)(=O)CCNC(=O)c1ccc(N)nc1. The van der Waals surface area contributed by atoms with Crippen LogP contribution < -0.4 is 15.8 Å². The summed E-state index contributed by atoms with van der Waals surface area (Å²) in [5.41, 5.74) is 5.71. The van der Waals surface area contributed by atoms with E-state index in [0.29, 0.717) is 11.4 Å². The van der Waals surface area contributed by atoms with Crippen LogP contribution in [0.1, 0.15) is 10.4 Å². The van der Waals surface area contributed by atoms with Crippen molar-refractivity contribution in [2.24, 2.45) is 0 Å². The molecule has 1 heterocycles. The zero-order chi connectivity index (χ0) is 12.9. The maximum atomic E-state index is 11.5. The summed E-state index contributed by atoms with van der Waals surface area (Å²) >= 11 is 0. The Morgan fingerprint density at radius 3 is 2.71 bits per heavy atom. The van der Waals surface area contributed by atoms with Crippen molar-refractivity contribution < 1.29 is 13.2 Å². The number of nitrogen functional groups attached to an aromatic ring is 1.